The molecule has 1 aliphatic rings. The second kappa shape index (κ2) is 7.70. The molecule has 3 aromatic rings. The molecule has 0 unspecified atom stereocenters. The Hall–Kier alpha value is -3.15. The molecule has 3 heterocycles. The van der Waals surface area contributed by atoms with E-state index in [-0.39, 0.29) is 5.91 Å². The van der Waals surface area contributed by atoms with Gasteiger partial charge in [0.2, 0.25) is 5.88 Å². The Morgan fingerprint density at radius 2 is 1.97 bits per heavy atom. The molecule has 4 rings (SSSR count). The van der Waals surface area contributed by atoms with Gasteiger partial charge in [0.15, 0.2) is 0 Å². The van der Waals surface area contributed by atoms with Crippen LogP contribution >= 0.6 is 0 Å². The van der Waals surface area contributed by atoms with E-state index in [0.29, 0.717) is 25.6 Å². The van der Waals surface area contributed by atoms with Crippen molar-refractivity contribution >= 4 is 5.91 Å². The molecule has 0 saturated heterocycles. The van der Waals surface area contributed by atoms with Gasteiger partial charge in [0.1, 0.15) is 12.3 Å². The number of aryl methyl sites for hydroxylation is 4. The predicted octanol–water partition coefficient (Wildman–Crippen LogP) is 3.52. The number of hydrogen-bond acceptors (Lipinski definition) is 4. The lowest BCUT2D eigenvalue weighted by Gasteiger charge is -2.28. The summed E-state index contributed by atoms with van der Waals surface area (Å²) in [6.45, 7) is 7.61. The van der Waals surface area contributed by atoms with E-state index in [2.05, 4.69) is 17.0 Å². The van der Waals surface area contributed by atoms with Crippen molar-refractivity contribution in [2.75, 3.05) is 6.54 Å². The standard InChI is InChI=1S/C23H26N4O2/c1-15-8-9-18(12-16(15)2)23(28)27-11-10-21-19(13-27)20(25-26(21)4)14-29-22-7-5-6-17(3)24-22/h5-9,12H,10-11,13-14H2,1-4H3. The van der Waals surface area contributed by atoms with E-state index in [4.69, 9.17) is 4.74 Å². The van der Waals surface area contributed by atoms with E-state index in [1.54, 1.807) is 0 Å². The Morgan fingerprint density at radius 3 is 2.72 bits per heavy atom. The number of amides is 1. The molecule has 0 fully saturated rings. The summed E-state index contributed by atoms with van der Waals surface area (Å²) in [7, 11) is 1.95. The molecule has 6 heteroatoms. The first-order chi connectivity index (χ1) is 13.9. The zero-order valence-electron chi connectivity index (χ0n) is 17.4. The maximum Gasteiger partial charge on any atom is 0.254 e. The molecule has 2 aromatic heterocycles. The normalized spacial score (nSPS) is 13.3. The van der Waals surface area contributed by atoms with Gasteiger partial charge in [-0.3, -0.25) is 9.48 Å². The largest absolute Gasteiger partial charge is 0.471 e. The monoisotopic (exact) mass is 390 g/mol. The molecule has 0 aliphatic carbocycles. The van der Waals surface area contributed by atoms with E-state index in [1.165, 1.54) is 11.3 Å². The van der Waals surface area contributed by atoms with Crippen LogP contribution < -0.4 is 4.74 Å². The number of aromatic nitrogens is 3. The molecule has 0 N–H and O–H groups in total. The predicted molar refractivity (Wildman–Crippen MR) is 111 cm³/mol. The molecule has 150 valence electrons. The molecule has 0 atom stereocenters. The summed E-state index contributed by atoms with van der Waals surface area (Å²) in [4.78, 5) is 19.4. The molecule has 0 bridgehead atoms. The Morgan fingerprint density at radius 1 is 1.14 bits per heavy atom. The van der Waals surface area contributed by atoms with E-state index in [0.717, 1.165) is 34.5 Å². The Labute approximate surface area is 171 Å². The van der Waals surface area contributed by atoms with Gasteiger partial charge in [-0.05, 0) is 50.1 Å². The third-order valence-electron chi connectivity index (χ3n) is 5.59. The molecule has 0 saturated carbocycles. The number of nitrogens with zero attached hydrogens (tertiary/aromatic N) is 4. The van der Waals surface area contributed by atoms with E-state index >= 15 is 0 Å². The van der Waals surface area contributed by atoms with E-state index in [9.17, 15) is 4.79 Å². The van der Waals surface area contributed by atoms with Gasteiger partial charge in [0.25, 0.3) is 5.91 Å². The quantitative estimate of drug-likeness (QED) is 0.684. The number of rotatable bonds is 4. The van der Waals surface area contributed by atoms with Crippen LogP contribution in [0.15, 0.2) is 36.4 Å². The van der Waals surface area contributed by atoms with Crippen molar-refractivity contribution in [2.45, 2.75) is 40.3 Å². The molecule has 0 spiro atoms. The number of carbonyl (C=O) groups excluding carboxylic acids is 1. The highest BCUT2D eigenvalue weighted by atomic mass is 16.5. The highest BCUT2D eigenvalue weighted by Gasteiger charge is 2.27. The average Bonchev–Trinajstić information content (AvgIpc) is 3.03. The lowest BCUT2D eigenvalue weighted by molar-refractivity contribution is 0.0732. The van der Waals surface area contributed by atoms with Crippen LogP contribution in [0.1, 0.15) is 44.1 Å². The number of ether oxygens (including phenoxy) is 1. The summed E-state index contributed by atoms with van der Waals surface area (Å²) in [5.41, 5.74) is 7.10. The Bertz CT molecular complexity index is 1070. The lowest BCUT2D eigenvalue weighted by Crippen LogP contribution is -2.36. The number of pyridine rings is 1. The van der Waals surface area contributed by atoms with E-state index in [1.807, 2.05) is 66.9 Å². The first-order valence-corrected chi connectivity index (χ1v) is 9.89. The smallest absolute Gasteiger partial charge is 0.254 e. The van der Waals surface area contributed by atoms with Gasteiger partial charge < -0.3 is 9.64 Å². The fourth-order valence-electron chi connectivity index (χ4n) is 3.76. The molecular weight excluding hydrogens is 364 g/mol. The first kappa shape index (κ1) is 19.2. The minimum absolute atomic E-state index is 0.0647. The van der Waals surface area contributed by atoms with Gasteiger partial charge in [0, 0.05) is 55.1 Å². The Balaban J connectivity index is 1.53. The third-order valence-corrected chi connectivity index (χ3v) is 5.59. The number of hydrogen-bond donors (Lipinski definition) is 0. The van der Waals surface area contributed by atoms with Gasteiger partial charge in [-0.25, -0.2) is 4.98 Å². The van der Waals surface area contributed by atoms with Gasteiger partial charge in [0.05, 0.1) is 0 Å². The SMILES string of the molecule is Cc1cccc(OCc2nn(C)c3c2CN(C(=O)c2ccc(C)c(C)c2)CC3)n1. The fraction of sp³-hybridized carbons (Fsp3) is 0.348. The second-order valence-corrected chi connectivity index (χ2v) is 7.68. The summed E-state index contributed by atoms with van der Waals surface area (Å²) < 4.78 is 7.78. The number of fused-ring (bicyclic) bond motifs is 1. The van der Waals surface area contributed by atoms with Gasteiger partial charge in [-0.2, -0.15) is 5.10 Å². The summed E-state index contributed by atoms with van der Waals surface area (Å²) >= 11 is 0. The highest BCUT2D eigenvalue weighted by molar-refractivity contribution is 5.94. The molecule has 0 radical (unpaired) electrons. The minimum atomic E-state index is 0.0647. The van der Waals surface area contributed by atoms with Crippen LogP contribution in [-0.4, -0.2) is 32.1 Å². The van der Waals surface area contributed by atoms with Crippen molar-refractivity contribution in [2.24, 2.45) is 7.05 Å². The summed E-state index contributed by atoms with van der Waals surface area (Å²) in [5, 5.41) is 4.65. The molecule has 29 heavy (non-hydrogen) atoms. The number of benzene rings is 1. The summed E-state index contributed by atoms with van der Waals surface area (Å²) in [6, 6.07) is 11.6. The zero-order chi connectivity index (χ0) is 20.5. The fourth-order valence-corrected chi connectivity index (χ4v) is 3.76. The minimum Gasteiger partial charge on any atom is -0.471 e. The average molecular weight is 390 g/mol. The number of carbonyl (C=O) groups is 1. The van der Waals surface area contributed by atoms with Crippen LogP contribution in [-0.2, 0) is 26.6 Å². The van der Waals surface area contributed by atoms with Crippen molar-refractivity contribution in [1.29, 1.82) is 0 Å². The molecule has 6 nitrogen and oxygen atoms in total. The summed E-state index contributed by atoms with van der Waals surface area (Å²) in [6.07, 6.45) is 0.790. The topological polar surface area (TPSA) is 60.2 Å². The molecule has 1 aliphatic heterocycles. The zero-order valence-corrected chi connectivity index (χ0v) is 17.4. The molecule has 1 aromatic carbocycles. The molecule has 1 amide bonds. The van der Waals surface area contributed by atoms with Gasteiger partial charge in [-0.1, -0.05) is 12.1 Å². The van der Waals surface area contributed by atoms with Crippen molar-refractivity contribution < 1.29 is 9.53 Å². The molecular formula is C23H26N4O2. The van der Waals surface area contributed by atoms with Crippen molar-refractivity contribution in [3.63, 3.8) is 0 Å². The first-order valence-electron chi connectivity index (χ1n) is 9.89. The van der Waals surface area contributed by atoms with Crippen LogP contribution in [0, 0.1) is 20.8 Å². The van der Waals surface area contributed by atoms with E-state index < -0.39 is 0 Å². The van der Waals surface area contributed by atoms with Crippen LogP contribution in [0.2, 0.25) is 0 Å². The van der Waals surface area contributed by atoms with Gasteiger partial charge >= 0.3 is 0 Å². The maximum atomic E-state index is 13.1. The van der Waals surface area contributed by atoms with Crippen LogP contribution in [0.3, 0.4) is 0 Å². The summed E-state index contributed by atoms with van der Waals surface area (Å²) in [5.74, 6) is 0.651. The van der Waals surface area contributed by atoms with Crippen LogP contribution in [0.4, 0.5) is 0 Å². The van der Waals surface area contributed by atoms with Gasteiger partial charge in [-0.15, -0.1) is 0 Å². The second-order valence-electron chi connectivity index (χ2n) is 7.68. The third kappa shape index (κ3) is 3.88. The van der Waals surface area contributed by atoms with Crippen molar-refractivity contribution in [3.8, 4) is 5.88 Å². The van der Waals surface area contributed by atoms with Crippen molar-refractivity contribution in [3.05, 3.63) is 75.7 Å². The van der Waals surface area contributed by atoms with Crippen LogP contribution in [0.5, 0.6) is 5.88 Å². The lowest BCUT2D eigenvalue weighted by atomic mass is 10.0. The Kier molecular flexibility index (Phi) is 5.09. The van der Waals surface area contributed by atoms with Crippen molar-refractivity contribution in [1.82, 2.24) is 19.7 Å². The maximum absolute atomic E-state index is 13.1. The highest BCUT2D eigenvalue weighted by Crippen LogP contribution is 2.25. The van der Waals surface area contributed by atoms with Crippen LogP contribution in [0.25, 0.3) is 0 Å².